The van der Waals surface area contributed by atoms with Crippen LogP contribution in [0.5, 0.6) is 0 Å². The van der Waals surface area contributed by atoms with Gasteiger partial charge in [-0.3, -0.25) is 0 Å². The highest BCUT2D eigenvalue weighted by atomic mass is 35.5. The number of fused-ring (bicyclic) bond motifs is 1. The zero-order valence-corrected chi connectivity index (χ0v) is 10.4. The summed E-state index contributed by atoms with van der Waals surface area (Å²) in [6.45, 7) is 2.95. The zero-order chi connectivity index (χ0) is 11.5. The van der Waals surface area contributed by atoms with E-state index in [2.05, 4.69) is 29.8 Å². The molecule has 1 heterocycles. The molecule has 0 saturated carbocycles. The van der Waals surface area contributed by atoms with Crippen molar-refractivity contribution >= 4 is 22.5 Å². The summed E-state index contributed by atoms with van der Waals surface area (Å²) < 4.78 is 7.33. The van der Waals surface area contributed by atoms with Gasteiger partial charge in [-0.25, -0.2) is 0 Å². The molecular weight excluding hydrogens is 222 g/mol. The number of hydrogen-bond acceptors (Lipinski definition) is 1. The molecule has 1 atom stereocenters. The van der Waals surface area contributed by atoms with Crippen LogP contribution in [0.1, 0.15) is 19.4 Å². The number of methoxy groups -OCH3 is 1. The van der Waals surface area contributed by atoms with Gasteiger partial charge < -0.3 is 9.30 Å². The molecule has 16 heavy (non-hydrogen) atoms. The van der Waals surface area contributed by atoms with Gasteiger partial charge in [-0.1, -0.05) is 23.7 Å². The van der Waals surface area contributed by atoms with Crippen LogP contribution in [0.25, 0.3) is 10.9 Å². The number of aromatic nitrogens is 1. The first-order chi connectivity index (χ1) is 7.74. The molecule has 0 N–H and O–H groups in total. The smallest absolute Gasteiger partial charge is 0.0672 e. The molecule has 0 aliphatic heterocycles. The molecule has 2 rings (SSSR count). The molecule has 0 bridgehead atoms. The van der Waals surface area contributed by atoms with E-state index in [1.165, 1.54) is 5.39 Å². The van der Waals surface area contributed by atoms with E-state index in [0.717, 1.165) is 23.6 Å². The maximum atomic E-state index is 6.23. The minimum atomic E-state index is 0.400. The standard InChI is InChI=1S/C13H16ClNO/c1-10(7-9-16-2)15-8-6-11-4-3-5-12(14)13(11)15/h3-6,8,10H,7,9H2,1-2H3. The first-order valence-corrected chi connectivity index (χ1v) is 5.86. The fourth-order valence-electron chi connectivity index (χ4n) is 1.97. The highest BCUT2D eigenvalue weighted by Gasteiger charge is 2.10. The van der Waals surface area contributed by atoms with Gasteiger partial charge in [0.1, 0.15) is 0 Å². The molecule has 0 aliphatic rings. The topological polar surface area (TPSA) is 14.2 Å². The zero-order valence-electron chi connectivity index (χ0n) is 9.61. The van der Waals surface area contributed by atoms with Crippen LogP contribution in [0.2, 0.25) is 5.02 Å². The number of para-hydroxylation sites is 1. The summed E-state index contributed by atoms with van der Waals surface area (Å²) in [6, 6.07) is 8.50. The van der Waals surface area contributed by atoms with Crippen LogP contribution in [-0.2, 0) is 4.74 Å². The molecule has 0 fully saturated rings. The molecule has 1 unspecified atom stereocenters. The summed E-state index contributed by atoms with van der Waals surface area (Å²) >= 11 is 6.23. The van der Waals surface area contributed by atoms with E-state index >= 15 is 0 Å². The molecule has 0 radical (unpaired) electrons. The Hall–Kier alpha value is -0.990. The number of nitrogens with zero attached hydrogens (tertiary/aromatic N) is 1. The van der Waals surface area contributed by atoms with Crippen LogP contribution in [0.3, 0.4) is 0 Å². The van der Waals surface area contributed by atoms with Crippen molar-refractivity contribution < 1.29 is 4.74 Å². The van der Waals surface area contributed by atoms with Crippen LogP contribution in [0.4, 0.5) is 0 Å². The summed E-state index contributed by atoms with van der Waals surface area (Å²) in [5.41, 5.74) is 1.12. The van der Waals surface area contributed by atoms with Gasteiger partial charge in [0.05, 0.1) is 10.5 Å². The number of ether oxygens (including phenoxy) is 1. The van der Waals surface area contributed by atoms with Crippen molar-refractivity contribution in [1.82, 2.24) is 4.57 Å². The Morgan fingerprint density at radius 3 is 2.94 bits per heavy atom. The second-order valence-corrected chi connectivity index (χ2v) is 4.44. The molecule has 0 amide bonds. The van der Waals surface area contributed by atoms with E-state index in [-0.39, 0.29) is 0 Å². The van der Waals surface area contributed by atoms with Crippen molar-refractivity contribution in [2.75, 3.05) is 13.7 Å². The third-order valence-corrected chi connectivity index (χ3v) is 3.21. The SMILES string of the molecule is COCCC(C)n1ccc2cccc(Cl)c21. The molecule has 0 aliphatic carbocycles. The van der Waals surface area contributed by atoms with E-state index in [4.69, 9.17) is 16.3 Å². The molecular formula is C13H16ClNO. The van der Waals surface area contributed by atoms with Gasteiger partial charge >= 0.3 is 0 Å². The Labute approximate surface area is 101 Å². The lowest BCUT2D eigenvalue weighted by Crippen LogP contribution is -2.06. The lowest BCUT2D eigenvalue weighted by Gasteiger charge is -2.15. The average Bonchev–Trinajstić information content (AvgIpc) is 2.71. The molecule has 0 saturated heterocycles. The van der Waals surface area contributed by atoms with Gasteiger partial charge in [0, 0.05) is 31.3 Å². The first-order valence-electron chi connectivity index (χ1n) is 5.48. The highest BCUT2D eigenvalue weighted by molar-refractivity contribution is 6.35. The Kier molecular flexibility index (Phi) is 3.52. The van der Waals surface area contributed by atoms with E-state index in [9.17, 15) is 0 Å². The second-order valence-electron chi connectivity index (χ2n) is 4.03. The minimum absolute atomic E-state index is 0.400. The first kappa shape index (κ1) is 11.5. The number of rotatable bonds is 4. The van der Waals surface area contributed by atoms with Crippen LogP contribution < -0.4 is 0 Å². The molecule has 2 nitrogen and oxygen atoms in total. The number of benzene rings is 1. The summed E-state index contributed by atoms with van der Waals surface area (Å²) in [5.74, 6) is 0. The van der Waals surface area contributed by atoms with Gasteiger partial charge in [0.25, 0.3) is 0 Å². The van der Waals surface area contributed by atoms with Crippen molar-refractivity contribution in [3.63, 3.8) is 0 Å². The normalized spacial score (nSPS) is 13.2. The van der Waals surface area contributed by atoms with E-state index in [1.54, 1.807) is 7.11 Å². The number of hydrogen-bond donors (Lipinski definition) is 0. The predicted molar refractivity (Wildman–Crippen MR) is 68.2 cm³/mol. The summed E-state index contributed by atoms with van der Waals surface area (Å²) in [6.07, 6.45) is 3.09. The van der Waals surface area contributed by atoms with Gasteiger partial charge in [0.2, 0.25) is 0 Å². The van der Waals surface area contributed by atoms with Crippen LogP contribution >= 0.6 is 11.6 Å². The molecule has 86 valence electrons. The molecule has 1 aromatic carbocycles. The molecule has 2 aromatic rings. The van der Waals surface area contributed by atoms with E-state index in [0.29, 0.717) is 6.04 Å². The minimum Gasteiger partial charge on any atom is -0.385 e. The average molecular weight is 238 g/mol. The monoisotopic (exact) mass is 237 g/mol. The number of halogens is 1. The predicted octanol–water partition coefficient (Wildman–Crippen LogP) is 3.89. The summed E-state index contributed by atoms with van der Waals surface area (Å²) in [5, 5.41) is 2.00. The highest BCUT2D eigenvalue weighted by Crippen LogP contribution is 2.28. The second kappa shape index (κ2) is 4.89. The largest absolute Gasteiger partial charge is 0.385 e. The summed E-state index contributed by atoms with van der Waals surface area (Å²) in [4.78, 5) is 0. The molecule has 0 spiro atoms. The van der Waals surface area contributed by atoms with Crippen LogP contribution in [0, 0.1) is 0 Å². The Morgan fingerprint density at radius 1 is 1.38 bits per heavy atom. The lowest BCUT2D eigenvalue weighted by atomic mass is 10.2. The van der Waals surface area contributed by atoms with Gasteiger partial charge in [0.15, 0.2) is 0 Å². The van der Waals surface area contributed by atoms with E-state index < -0.39 is 0 Å². The maximum absolute atomic E-state index is 6.23. The van der Waals surface area contributed by atoms with Crippen LogP contribution in [0.15, 0.2) is 30.5 Å². The van der Waals surface area contributed by atoms with Crippen molar-refractivity contribution in [3.05, 3.63) is 35.5 Å². The van der Waals surface area contributed by atoms with Gasteiger partial charge in [-0.2, -0.15) is 0 Å². The Bertz CT molecular complexity index is 478. The lowest BCUT2D eigenvalue weighted by molar-refractivity contribution is 0.182. The van der Waals surface area contributed by atoms with Crippen LogP contribution in [-0.4, -0.2) is 18.3 Å². The maximum Gasteiger partial charge on any atom is 0.0672 e. The van der Waals surface area contributed by atoms with Crippen molar-refractivity contribution in [1.29, 1.82) is 0 Å². The Balaban J connectivity index is 2.37. The van der Waals surface area contributed by atoms with Gasteiger partial charge in [-0.05, 0) is 25.5 Å². The van der Waals surface area contributed by atoms with Gasteiger partial charge in [-0.15, -0.1) is 0 Å². The quantitative estimate of drug-likeness (QED) is 0.787. The summed E-state index contributed by atoms with van der Waals surface area (Å²) in [7, 11) is 1.73. The van der Waals surface area contributed by atoms with Crippen molar-refractivity contribution in [3.8, 4) is 0 Å². The fraction of sp³-hybridized carbons (Fsp3) is 0.385. The van der Waals surface area contributed by atoms with E-state index in [1.807, 2.05) is 12.1 Å². The Morgan fingerprint density at radius 2 is 2.19 bits per heavy atom. The van der Waals surface area contributed by atoms with Crippen molar-refractivity contribution in [2.24, 2.45) is 0 Å². The molecule has 1 aromatic heterocycles. The van der Waals surface area contributed by atoms with Crippen molar-refractivity contribution in [2.45, 2.75) is 19.4 Å². The third-order valence-electron chi connectivity index (χ3n) is 2.91. The fourth-order valence-corrected chi connectivity index (χ4v) is 2.25. The molecule has 3 heteroatoms. The third kappa shape index (κ3) is 2.08.